The van der Waals surface area contributed by atoms with Gasteiger partial charge in [-0.15, -0.1) is 0 Å². The monoisotopic (exact) mass is 340 g/mol. The number of carbonyl (C=O) groups is 1. The molecule has 1 saturated heterocycles. The molecule has 6 nitrogen and oxygen atoms in total. The Hall–Kier alpha value is -1.44. The molecule has 128 valence electrons. The molecule has 1 atom stereocenters. The molecule has 1 N–H and O–H groups in total. The summed E-state index contributed by atoms with van der Waals surface area (Å²) >= 11 is 0. The van der Waals surface area contributed by atoms with E-state index >= 15 is 0 Å². The van der Waals surface area contributed by atoms with Crippen LogP contribution in [0.4, 0.5) is 0 Å². The zero-order valence-corrected chi connectivity index (χ0v) is 14.4. The lowest BCUT2D eigenvalue weighted by molar-refractivity contribution is -0.130. The van der Waals surface area contributed by atoms with E-state index in [4.69, 9.17) is 4.74 Å². The first-order valence-electron chi connectivity index (χ1n) is 7.76. The van der Waals surface area contributed by atoms with E-state index < -0.39 is 16.1 Å². The number of sulfonamides is 1. The number of nitrogens with zero attached hydrogens (tertiary/aromatic N) is 1. The average molecular weight is 340 g/mol. The second kappa shape index (κ2) is 7.90. The largest absolute Gasteiger partial charge is 0.368 e. The number of ether oxygens (including phenoxy) is 1. The summed E-state index contributed by atoms with van der Waals surface area (Å²) in [4.78, 5) is 11.9. The summed E-state index contributed by atoms with van der Waals surface area (Å²) in [5, 5.41) is 2.75. The van der Waals surface area contributed by atoms with Gasteiger partial charge in [0.2, 0.25) is 15.9 Å². The van der Waals surface area contributed by atoms with Crippen LogP contribution in [0.15, 0.2) is 24.3 Å². The summed E-state index contributed by atoms with van der Waals surface area (Å²) in [7, 11) is -3.34. The van der Waals surface area contributed by atoms with Gasteiger partial charge in [0, 0.05) is 26.2 Å². The number of hydrogen-bond acceptors (Lipinski definition) is 4. The van der Waals surface area contributed by atoms with Gasteiger partial charge in [0.1, 0.15) is 6.10 Å². The highest BCUT2D eigenvalue weighted by molar-refractivity contribution is 7.88. The summed E-state index contributed by atoms with van der Waals surface area (Å²) in [6.07, 6.45) is 2.41. The van der Waals surface area contributed by atoms with Gasteiger partial charge in [0.05, 0.1) is 6.26 Å². The molecule has 0 aliphatic carbocycles. The smallest absolute Gasteiger partial charge is 0.249 e. The topological polar surface area (TPSA) is 75.7 Å². The molecule has 0 saturated carbocycles. The van der Waals surface area contributed by atoms with E-state index in [1.165, 1.54) is 10.6 Å². The first kappa shape index (κ1) is 17.9. The third kappa shape index (κ3) is 5.60. The van der Waals surface area contributed by atoms with Gasteiger partial charge in [-0.3, -0.25) is 4.79 Å². The highest BCUT2D eigenvalue weighted by atomic mass is 32.2. The zero-order chi connectivity index (χ0) is 16.9. The number of rotatable bonds is 7. The Morgan fingerprint density at radius 2 is 2.22 bits per heavy atom. The van der Waals surface area contributed by atoms with Crippen molar-refractivity contribution in [3.63, 3.8) is 0 Å². The second-order valence-electron chi connectivity index (χ2n) is 5.88. The molecule has 23 heavy (non-hydrogen) atoms. The third-order valence-corrected chi connectivity index (χ3v) is 5.04. The molecule has 1 aromatic carbocycles. The van der Waals surface area contributed by atoms with Crippen molar-refractivity contribution in [3.8, 4) is 0 Å². The molecule has 0 aromatic heterocycles. The molecule has 1 unspecified atom stereocenters. The predicted octanol–water partition coefficient (Wildman–Crippen LogP) is 1.05. The Labute approximate surface area is 137 Å². The van der Waals surface area contributed by atoms with E-state index in [0.29, 0.717) is 13.2 Å². The lowest BCUT2D eigenvalue weighted by Gasteiger charge is -2.21. The van der Waals surface area contributed by atoms with Gasteiger partial charge >= 0.3 is 0 Å². The van der Waals surface area contributed by atoms with Crippen molar-refractivity contribution < 1.29 is 17.9 Å². The summed E-state index contributed by atoms with van der Waals surface area (Å²) in [5.41, 5.74) is 2.02. The van der Waals surface area contributed by atoms with Crippen LogP contribution in [0.25, 0.3) is 0 Å². The molecule has 1 heterocycles. The van der Waals surface area contributed by atoms with Crippen LogP contribution in [0.5, 0.6) is 0 Å². The molecular formula is C16H24N2O4S. The van der Waals surface area contributed by atoms with Crippen molar-refractivity contribution in [2.75, 3.05) is 26.0 Å². The average Bonchev–Trinajstić information content (AvgIpc) is 2.99. The lowest BCUT2D eigenvalue weighted by Crippen LogP contribution is -2.41. The van der Waals surface area contributed by atoms with Gasteiger partial charge in [-0.25, -0.2) is 8.42 Å². The SMILES string of the molecule is Cc1cccc(CN(CCNC(=O)C2CCCO2)S(C)(=O)=O)c1. The molecule has 2 rings (SSSR count). The summed E-state index contributed by atoms with van der Waals surface area (Å²) in [5.74, 6) is -0.161. The van der Waals surface area contributed by atoms with E-state index in [-0.39, 0.29) is 19.0 Å². The minimum atomic E-state index is -3.34. The van der Waals surface area contributed by atoms with Crippen LogP contribution in [0.1, 0.15) is 24.0 Å². The number of aryl methyl sites for hydroxylation is 1. The van der Waals surface area contributed by atoms with Crippen LogP contribution < -0.4 is 5.32 Å². The van der Waals surface area contributed by atoms with Crippen molar-refractivity contribution >= 4 is 15.9 Å². The predicted molar refractivity (Wildman–Crippen MR) is 88.4 cm³/mol. The first-order chi connectivity index (χ1) is 10.9. The van der Waals surface area contributed by atoms with Gasteiger partial charge in [-0.1, -0.05) is 29.8 Å². The summed E-state index contributed by atoms with van der Waals surface area (Å²) in [6, 6.07) is 7.74. The standard InChI is InChI=1S/C16H24N2O4S/c1-13-5-3-6-14(11-13)12-18(23(2,20)21)9-8-17-16(19)15-7-4-10-22-15/h3,5-6,11,15H,4,7-10,12H2,1-2H3,(H,17,19). The summed E-state index contributed by atoms with van der Waals surface area (Å²) < 4.78 is 30.6. The van der Waals surface area contributed by atoms with Crippen molar-refractivity contribution in [1.82, 2.24) is 9.62 Å². The molecule has 1 aliphatic heterocycles. The van der Waals surface area contributed by atoms with E-state index in [1.807, 2.05) is 31.2 Å². The maximum atomic E-state index is 11.9. The van der Waals surface area contributed by atoms with Gasteiger partial charge in [0.15, 0.2) is 0 Å². The van der Waals surface area contributed by atoms with Crippen molar-refractivity contribution in [2.24, 2.45) is 0 Å². The Kier molecular flexibility index (Phi) is 6.15. The Bertz CT molecular complexity index is 639. The molecule has 0 spiro atoms. The van der Waals surface area contributed by atoms with Gasteiger partial charge in [0.25, 0.3) is 0 Å². The fraction of sp³-hybridized carbons (Fsp3) is 0.562. The molecular weight excluding hydrogens is 316 g/mol. The molecule has 1 fully saturated rings. The van der Waals surface area contributed by atoms with E-state index in [1.54, 1.807) is 0 Å². The molecule has 1 aliphatic rings. The van der Waals surface area contributed by atoms with E-state index in [9.17, 15) is 13.2 Å². The number of nitrogens with one attached hydrogen (secondary N) is 1. The highest BCUT2D eigenvalue weighted by Gasteiger charge is 2.24. The van der Waals surface area contributed by atoms with Crippen molar-refractivity contribution in [3.05, 3.63) is 35.4 Å². The molecule has 1 amide bonds. The quantitative estimate of drug-likeness (QED) is 0.805. The fourth-order valence-corrected chi connectivity index (χ4v) is 3.38. The van der Waals surface area contributed by atoms with Gasteiger partial charge < -0.3 is 10.1 Å². The number of benzene rings is 1. The number of hydrogen-bond donors (Lipinski definition) is 1. The maximum absolute atomic E-state index is 11.9. The normalized spacial score (nSPS) is 18.3. The molecule has 0 radical (unpaired) electrons. The molecule has 7 heteroatoms. The Balaban J connectivity index is 1.90. The van der Waals surface area contributed by atoms with Gasteiger partial charge in [-0.2, -0.15) is 4.31 Å². The number of amides is 1. The highest BCUT2D eigenvalue weighted by Crippen LogP contribution is 2.12. The van der Waals surface area contributed by atoms with Crippen molar-refractivity contribution in [1.29, 1.82) is 0 Å². The minimum Gasteiger partial charge on any atom is -0.368 e. The summed E-state index contributed by atoms with van der Waals surface area (Å²) in [6.45, 7) is 3.40. The van der Waals surface area contributed by atoms with Crippen LogP contribution in [0.3, 0.4) is 0 Å². The van der Waals surface area contributed by atoms with Gasteiger partial charge in [-0.05, 0) is 25.3 Å². The van der Waals surface area contributed by atoms with Crippen LogP contribution >= 0.6 is 0 Å². The lowest BCUT2D eigenvalue weighted by atomic mass is 10.1. The Morgan fingerprint density at radius 1 is 1.43 bits per heavy atom. The minimum absolute atomic E-state index is 0.161. The van der Waals surface area contributed by atoms with Crippen LogP contribution in [0, 0.1) is 6.92 Å². The molecule has 1 aromatic rings. The fourth-order valence-electron chi connectivity index (χ4n) is 2.58. The first-order valence-corrected chi connectivity index (χ1v) is 9.61. The van der Waals surface area contributed by atoms with Crippen LogP contribution in [-0.4, -0.2) is 50.7 Å². The molecule has 0 bridgehead atoms. The Morgan fingerprint density at radius 3 is 2.83 bits per heavy atom. The third-order valence-electron chi connectivity index (χ3n) is 3.79. The van der Waals surface area contributed by atoms with Crippen molar-refractivity contribution in [2.45, 2.75) is 32.4 Å². The zero-order valence-electron chi connectivity index (χ0n) is 13.6. The second-order valence-corrected chi connectivity index (χ2v) is 7.86. The maximum Gasteiger partial charge on any atom is 0.249 e. The van der Waals surface area contributed by atoms with Crippen LogP contribution in [-0.2, 0) is 26.1 Å². The van der Waals surface area contributed by atoms with E-state index in [0.717, 1.165) is 24.0 Å². The number of carbonyl (C=O) groups excluding carboxylic acids is 1. The van der Waals surface area contributed by atoms with E-state index in [2.05, 4.69) is 5.32 Å². The van der Waals surface area contributed by atoms with Crippen LogP contribution in [0.2, 0.25) is 0 Å².